The second-order valence-electron chi connectivity index (χ2n) is 11.6. The number of nitrogens with one attached hydrogen (secondary N) is 1. The van der Waals surface area contributed by atoms with Crippen LogP contribution in [-0.4, -0.2) is 60.5 Å². The van der Waals surface area contributed by atoms with Gasteiger partial charge in [-0.25, -0.2) is 0 Å². The Bertz CT molecular complexity index is 1360. The number of nitrogens with zero attached hydrogens (tertiary/aromatic N) is 2. The third-order valence-electron chi connectivity index (χ3n) is 8.30. The molecule has 1 fully saturated rings. The molecule has 0 saturated carbocycles. The summed E-state index contributed by atoms with van der Waals surface area (Å²) in [5.41, 5.74) is 1.80. The van der Waals surface area contributed by atoms with Crippen LogP contribution in [0.15, 0.2) is 65.9 Å². The topological polar surface area (TPSA) is 101 Å². The smallest absolute Gasteiger partial charge is 0.302 e. The number of rotatable bonds is 11. The number of carbonyl (C=O) groups excluding carboxylic acids is 1. The van der Waals surface area contributed by atoms with Gasteiger partial charge in [-0.3, -0.25) is 4.79 Å². The van der Waals surface area contributed by atoms with Gasteiger partial charge in [0.2, 0.25) is 0 Å². The zero-order valence-corrected chi connectivity index (χ0v) is 27.8. The highest BCUT2D eigenvalue weighted by molar-refractivity contribution is 14.1. The predicted molar refractivity (Wildman–Crippen MR) is 180 cm³/mol. The van der Waals surface area contributed by atoms with Crippen LogP contribution < -0.4 is 9.47 Å². The lowest BCUT2D eigenvalue weighted by atomic mass is 9.64. The highest BCUT2D eigenvalue weighted by atomic mass is 127. The second-order valence-corrected chi connectivity index (χ2v) is 13.6. The maximum absolute atomic E-state index is 12.4. The number of allylic oxidation sites excluding steroid dienone is 3. The average Bonchev–Trinajstić information content (AvgIpc) is 3.10. The summed E-state index contributed by atoms with van der Waals surface area (Å²) in [6.07, 6.45) is 8.82. The summed E-state index contributed by atoms with van der Waals surface area (Å²) in [5, 5.41) is 12.0. The summed E-state index contributed by atoms with van der Waals surface area (Å²) in [7, 11) is 0. The molecule has 0 amide bonds. The molecule has 3 unspecified atom stereocenters. The predicted octanol–water partition coefficient (Wildman–Crippen LogP) is 7.47. The number of nitroso groups, excluding NO2 is 1. The van der Waals surface area contributed by atoms with Crippen LogP contribution in [0.2, 0.25) is 5.02 Å². The van der Waals surface area contributed by atoms with E-state index in [2.05, 4.69) is 58.7 Å². The Hall–Kier alpha value is -2.76. The first-order chi connectivity index (χ1) is 20.6. The standard InChI is InChI=1S/C33H39ClIN3O5/c1-23(39)41-18-19-42-26-12-13-31-29(20-26)27(28(6-4-15-36)30(35)21-43-31)7-5-16-38-17-14-33(37-40,32(2,3)22-38)24-8-10-25(34)11-9-24/h4,6-13,15,20,28,30,36H,5,14,16-19,21-22H2,1-3H3/b6-4-,27-7+,36-15?. The fraction of sp³-hybridized carbons (Fsp3) is 0.455. The van der Waals surface area contributed by atoms with E-state index in [-0.39, 0.29) is 34.4 Å². The Labute approximate surface area is 272 Å². The van der Waals surface area contributed by atoms with Gasteiger partial charge in [0.1, 0.15) is 36.9 Å². The number of esters is 1. The van der Waals surface area contributed by atoms with E-state index in [0.29, 0.717) is 23.8 Å². The number of alkyl halides is 1. The minimum atomic E-state index is -0.812. The number of benzene rings is 2. The number of halogens is 2. The van der Waals surface area contributed by atoms with Crippen LogP contribution in [0.1, 0.15) is 44.7 Å². The molecule has 2 aromatic rings. The molecule has 230 valence electrons. The highest BCUT2D eigenvalue weighted by Gasteiger charge is 2.51. The molecule has 2 aromatic carbocycles. The van der Waals surface area contributed by atoms with Crippen molar-refractivity contribution in [2.24, 2.45) is 16.5 Å². The van der Waals surface area contributed by atoms with Gasteiger partial charge < -0.3 is 24.5 Å². The van der Waals surface area contributed by atoms with Gasteiger partial charge in [-0.1, -0.05) is 77.5 Å². The molecule has 4 rings (SSSR count). The summed E-state index contributed by atoms with van der Waals surface area (Å²) in [5.74, 6) is 1.15. The lowest BCUT2D eigenvalue weighted by Crippen LogP contribution is -2.54. The van der Waals surface area contributed by atoms with Crippen molar-refractivity contribution in [3.8, 4) is 11.5 Å². The molecule has 0 aromatic heterocycles. The van der Waals surface area contributed by atoms with Gasteiger partial charge in [0.05, 0.1) is 3.92 Å². The first-order valence-corrected chi connectivity index (χ1v) is 16.1. The monoisotopic (exact) mass is 719 g/mol. The lowest BCUT2D eigenvalue weighted by molar-refractivity contribution is -0.141. The van der Waals surface area contributed by atoms with Crippen molar-refractivity contribution >= 4 is 51.9 Å². The molecule has 1 N–H and O–H groups in total. The summed E-state index contributed by atoms with van der Waals surface area (Å²) in [4.78, 5) is 25.9. The molecule has 43 heavy (non-hydrogen) atoms. The van der Waals surface area contributed by atoms with Crippen molar-refractivity contribution in [3.05, 3.63) is 81.7 Å². The van der Waals surface area contributed by atoms with Crippen LogP contribution in [0.25, 0.3) is 5.57 Å². The molecule has 3 atom stereocenters. The summed E-state index contributed by atoms with van der Waals surface area (Å²) >= 11 is 8.55. The third kappa shape index (κ3) is 7.85. The molecule has 10 heteroatoms. The summed E-state index contributed by atoms with van der Waals surface area (Å²) < 4.78 is 17.2. The van der Waals surface area contributed by atoms with Crippen molar-refractivity contribution in [1.29, 1.82) is 5.41 Å². The zero-order valence-electron chi connectivity index (χ0n) is 24.9. The molecule has 0 aliphatic carbocycles. The van der Waals surface area contributed by atoms with E-state index >= 15 is 0 Å². The Morgan fingerprint density at radius 3 is 2.67 bits per heavy atom. The van der Waals surface area contributed by atoms with E-state index in [1.165, 1.54) is 13.1 Å². The Morgan fingerprint density at radius 2 is 2.00 bits per heavy atom. The van der Waals surface area contributed by atoms with E-state index in [1.807, 2.05) is 42.5 Å². The van der Waals surface area contributed by atoms with Crippen molar-refractivity contribution in [2.75, 3.05) is 39.5 Å². The molecule has 0 radical (unpaired) electrons. The van der Waals surface area contributed by atoms with Gasteiger partial charge in [0.25, 0.3) is 0 Å². The van der Waals surface area contributed by atoms with Crippen LogP contribution in [0.3, 0.4) is 0 Å². The molecule has 2 heterocycles. The fourth-order valence-corrected chi connectivity index (χ4v) is 7.02. The van der Waals surface area contributed by atoms with Crippen molar-refractivity contribution in [2.45, 2.75) is 43.1 Å². The summed E-state index contributed by atoms with van der Waals surface area (Å²) in [6.45, 7) is 8.89. The Balaban J connectivity index is 1.55. The molecule has 2 aliphatic heterocycles. The fourth-order valence-electron chi connectivity index (χ4n) is 6.09. The molecule has 8 nitrogen and oxygen atoms in total. The molecule has 1 saturated heterocycles. The quantitative estimate of drug-likeness (QED) is 0.0646. The van der Waals surface area contributed by atoms with Gasteiger partial charge in [0, 0.05) is 54.7 Å². The number of piperidine rings is 1. The van der Waals surface area contributed by atoms with Crippen LogP contribution in [0.4, 0.5) is 0 Å². The minimum absolute atomic E-state index is 0.0364. The average molecular weight is 720 g/mol. The van der Waals surface area contributed by atoms with Crippen molar-refractivity contribution in [1.82, 2.24) is 4.90 Å². The van der Waals surface area contributed by atoms with Crippen molar-refractivity contribution < 1.29 is 19.0 Å². The molecular weight excluding hydrogens is 681 g/mol. The van der Waals surface area contributed by atoms with Crippen LogP contribution in [0.5, 0.6) is 11.5 Å². The minimum Gasteiger partial charge on any atom is -0.492 e. The molecule has 0 spiro atoms. The van der Waals surface area contributed by atoms with E-state index in [1.54, 1.807) is 6.08 Å². The highest BCUT2D eigenvalue weighted by Crippen LogP contribution is 2.49. The Kier molecular flexibility index (Phi) is 11.4. The van der Waals surface area contributed by atoms with Crippen molar-refractivity contribution in [3.63, 3.8) is 0 Å². The first kappa shape index (κ1) is 33.1. The maximum atomic E-state index is 12.4. The SMILES string of the molecule is CC(=O)OCCOc1ccc2c(c1)/C(=C/CCN1CCC(N=O)(c3ccc(Cl)cc3)C(C)(C)C1)C(/C=C\C=N)C(I)CO2. The lowest BCUT2D eigenvalue weighted by Gasteiger charge is -2.49. The largest absolute Gasteiger partial charge is 0.492 e. The van der Waals surface area contributed by atoms with Gasteiger partial charge in [-0.2, -0.15) is 0 Å². The molecule has 2 aliphatic rings. The second kappa shape index (κ2) is 14.8. The number of hydrogen-bond acceptors (Lipinski definition) is 8. The van der Waals surface area contributed by atoms with Gasteiger partial charge in [-0.15, -0.1) is 4.91 Å². The maximum Gasteiger partial charge on any atom is 0.302 e. The van der Waals surface area contributed by atoms with Crippen LogP contribution in [-0.2, 0) is 15.1 Å². The molecule has 0 bridgehead atoms. The molecular formula is C33H39ClIN3O5. The van der Waals surface area contributed by atoms with E-state index in [4.69, 9.17) is 31.2 Å². The van der Waals surface area contributed by atoms with Crippen LogP contribution >= 0.6 is 34.2 Å². The first-order valence-electron chi connectivity index (χ1n) is 14.5. The van der Waals surface area contributed by atoms with Crippen LogP contribution in [0, 0.1) is 21.6 Å². The van der Waals surface area contributed by atoms with E-state index < -0.39 is 5.54 Å². The van der Waals surface area contributed by atoms with Gasteiger partial charge in [0.15, 0.2) is 0 Å². The number of hydrogen-bond donors (Lipinski definition) is 1. The number of likely N-dealkylation sites (tertiary alicyclic amines) is 1. The Morgan fingerprint density at radius 1 is 1.23 bits per heavy atom. The van der Waals surface area contributed by atoms with E-state index in [0.717, 1.165) is 48.5 Å². The van der Waals surface area contributed by atoms with E-state index in [9.17, 15) is 9.70 Å². The normalized spacial score (nSPS) is 24.5. The number of fused-ring (bicyclic) bond motifs is 1. The van der Waals surface area contributed by atoms with Gasteiger partial charge >= 0.3 is 5.97 Å². The third-order valence-corrected chi connectivity index (χ3v) is 9.68. The number of carbonyl (C=O) groups is 1. The van der Waals surface area contributed by atoms with Gasteiger partial charge in [-0.05, 0) is 60.4 Å². The zero-order chi connectivity index (χ0) is 31.0. The summed E-state index contributed by atoms with van der Waals surface area (Å²) in [6, 6.07) is 13.3. The number of ether oxygens (including phenoxy) is 3.